The van der Waals surface area contributed by atoms with Crippen LogP contribution < -0.4 is 0 Å². The molecule has 4 rings (SSSR count). The molecule has 0 atom stereocenters. The first kappa shape index (κ1) is 12.4. The molecule has 0 amide bonds. The number of aromatic nitrogens is 3. The van der Waals surface area contributed by atoms with E-state index in [4.69, 9.17) is 0 Å². The summed E-state index contributed by atoms with van der Waals surface area (Å²) >= 11 is 0. The molecule has 1 saturated carbocycles. The second kappa shape index (κ2) is 4.88. The lowest BCUT2D eigenvalue weighted by Crippen LogP contribution is -2.01. The molecule has 1 N–H and O–H groups in total. The Morgan fingerprint density at radius 1 is 0.952 bits per heavy atom. The van der Waals surface area contributed by atoms with Crippen molar-refractivity contribution < 1.29 is 5.11 Å². The van der Waals surface area contributed by atoms with Gasteiger partial charge in [-0.15, -0.1) is 15.0 Å². The molecule has 0 unspecified atom stereocenters. The Hall–Kier alpha value is -2.36. The number of phenols is 1. The molecule has 4 heteroatoms. The van der Waals surface area contributed by atoms with Crippen molar-refractivity contribution in [1.82, 2.24) is 15.0 Å². The quantitative estimate of drug-likeness (QED) is 0.776. The highest BCUT2D eigenvalue weighted by Gasteiger charge is 2.19. The van der Waals surface area contributed by atoms with Crippen molar-refractivity contribution in [3.63, 3.8) is 0 Å². The lowest BCUT2D eigenvalue weighted by atomic mass is 9.97. The summed E-state index contributed by atoms with van der Waals surface area (Å²) in [7, 11) is 0. The van der Waals surface area contributed by atoms with E-state index in [1.54, 1.807) is 10.9 Å². The second-order valence-electron chi connectivity index (χ2n) is 5.71. The maximum absolute atomic E-state index is 10.2. The molecule has 0 spiro atoms. The maximum Gasteiger partial charge on any atom is 0.143 e. The van der Waals surface area contributed by atoms with E-state index in [9.17, 15) is 5.11 Å². The van der Waals surface area contributed by atoms with Gasteiger partial charge >= 0.3 is 0 Å². The standard InChI is InChI=1S/C17H17N3O/c21-17-10-9-13(12-5-1-2-6-12)11-16(17)20-18-14-7-3-4-8-15(14)19-20/h3-4,7-12,21H,1-2,5-6H2. The molecule has 2 aromatic carbocycles. The average Bonchev–Trinajstić information content (AvgIpc) is 3.17. The third kappa shape index (κ3) is 2.17. The van der Waals surface area contributed by atoms with Gasteiger partial charge in [-0.3, -0.25) is 0 Å². The Morgan fingerprint density at radius 2 is 1.62 bits per heavy atom. The lowest BCUT2D eigenvalue weighted by Gasteiger charge is -2.12. The molecule has 1 heterocycles. The van der Waals surface area contributed by atoms with E-state index in [2.05, 4.69) is 10.2 Å². The van der Waals surface area contributed by atoms with E-state index in [0.29, 0.717) is 11.6 Å². The smallest absolute Gasteiger partial charge is 0.143 e. The van der Waals surface area contributed by atoms with Crippen LogP contribution in [0.15, 0.2) is 42.5 Å². The van der Waals surface area contributed by atoms with Crippen molar-refractivity contribution in [2.45, 2.75) is 31.6 Å². The van der Waals surface area contributed by atoms with Crippen molar-refractivity contribution >= 4 is 11.0 Å². The number of aromatic hydroxyl groups is 1. The van der Waals surface area contributed by atoms with Crippen LogP contribution in [0.4, 0.5) is 0 Å². The van der Waals surface area contributed by atoms with Crippen molar-refractivity contribution in [3.05, 3.63) is 48.0 Å². The van der Waals surface area contributed by atoms with Crippen molar-refractivity contribution in [3.8, 4) is 11.4 Å². The van der Waals surface area contributed by atoms with E-state index >= 15 is 0 Å². The fourth-order valence-corrected chi connectivity index (χ4v) is 3.18. The molecule has 1 aromatic heterocycles. The largest absolute Gasteiger partial charge is 0.506 e. The molecule has 0 radical (unpaired) electrons. The molecule has 0 saturated heterocycles. The molecule has 21 heavy (non-hydrogen) atoms. The molecular formula is C17H17N3O. The second-order valence-corrected chi connectivity index (χ2v) is 5.71. The first-order valence-corrected chi connectivity index (χ1v) is 7.46. The summed E-state index contributed by atoms with van der Waals surface area (Å²) < 4.78 is 0. The zero-order valence-electron chi connectivity index (χ0n) is 11.7. The average molecular weight is 279 g/mol. The van der Waals surface area contributed by atoms with Gasteiger partial charge in [-0.25, -0.2) is 0 Å². The van der Waals surface area contributed by atoms with Crippen LogP contribution in [0.3, 0.4) is 0 Å². The molecule has 1 aliphatic carbocycles. The highest BCUT2D eigenvalue weighted by Crippen LogP contribution is 2.36. The topological polar surface area (TPSA) is 50.9 Å². The predicted octanol–water partition coefficient (Wildman–Crippen LogP) is 3.78. The van der Waals surface area contributed by atoms with Gasteiger partial charge in [-0.2, -0.15) is 0 Å². The lowest BCUT2D eigenvalue weighted by molar-refractivity contribution is 0.467. The van der Waals surface area contributed by atoms with E-state index < -0.39 is 0 Å². The summed E-state index contributed by atoms with van der Waals surface area (Å²) in [5.41, 5.74) is 3.61. The third-order valence-electron chi connectivity index (χ3n) is 4.33. The van der Waals surface area contributed by atoms with Gasteiger partial charge in [0.05, 0.1) is 0 Å². The Balaban J connectivity index is 1.80. The highest BCUT2D eigenvalue weighted by molar-refractivity contribution is 5.73. The number of fused-ring (bicyclic) bond motifs is 1. The number of nitrogens with zero attached hydrogens (tertiary/aromatic N) is 3. The van der Waals surface area contributed by atoms with Crippen LogP contribution in [0.5, 0.6) is 5.75 Å². The van der Waals surface area contributed by atoms with E-state index in [-0.39, 0.29) is 5.75 Å². The monoisotopic (exact) mass is 279 g/mol. The first-order valence-electron chi connectivity index (χ1n) is 7.46. The van der Waals surface area contributed by atoms with Gasteiger partial charge in [0.25, 0.3) is 0 Å². The van der Waals surface area contributed by atoms with Crippen molar-refractivity contribution in [2.75, 3.05) is 0 Å². The molecular weight excluding hydrogens is 262 g/mol. The molecule has 4 nitrogen and oxygen atoms in total. The SMILES string of the molecule is Oc1ccc(C2CCCC2)cc1-n1nc2ccccc2n1. The van der Waals surface area contributed by atoms with E-state index in [0.717, 1.165) is 11.0 Å². The highest BCUT2D eigenvalue weighted by atomic mass is 16.3. The Labute approximate surface area is 123 Å². The van der Waals surface area contributed by atoms with Crippen LogP contribution in [-0.4, -0.2) is 20.1 Å². The van der Waals surface area contributed by atoms with E-state index in [1.807, 2.05) is 36.4 Å². The summed E-state index contributed by atoms with van der Waals surface area (Å²) in [4.78, 5) is 1.54. The fraction of sp³-hybridized carbons (Fsp3) is 0.294. The van der Waals surface area contributed by atoms with Gasteiger partial charge < -0.3 is 5.11 Å². The minimum Gasteiger partial charge on any atom is -0.506 e. The molecule has 0 bridgehead atoms. The van der Waals surface area contributed by atoms with Gasteiger partial charge in [-0.05, 0) is 48.6 Å². The summed E-state index contributed by atoms with van der Waals surface area (Å²) in [6, 6.07) is 13.6. The van der Waals surface area contributed by atoms with Gasteiger partial charge in [0.15, 0.2) is 0 Å². The fourth-order valence-electron chi connectivity index (χ4n) is 3.18. The van der Waals surface area contributed by atoms with Gasteiger partial charge in [0, 0.05) is 0 Å². The molecule has 106 valence electrons. The summed E-state index contributed by atoms with van der Waals surface area (Å²) in [5.74, 6) is 0.825. The van der Waals surface area contributed by atoms with Gasteiger partial charge in [0.1, 0.15) is 22.5 Å². The molecule has 1 aliphatic rings. The minimum atomic E-state index is 0.219. The number of rotatable bonds is 2. The van der Waals surface area contributed by atoms with Crippen LogP contribution in [0.25, 0.3) is 16.7 Å². The van der Waals surface area contributed by atoms with Crippen LogP contribution in [-0.2, 0) is 0 Å². The normalized spacial score (nSPS) is 15.8. The number of hydrogen-bond acceptors (Lipinski definition) is 3. The summed E-state index contributed by atoms with van der Waals surface area (Å²) in [5, 5.41) is 19.1. The van der Waals surface area contributed by atoms with Gasteiger partial charge in [0.2, 0.25) is 0 Å². The van der Waals surface area contributed by atoms with Crippen LogP contribution in [0.1, 0.15) is 37.2 Å². The minimum absolute atomic E-state index is 0.219. The first-order chi connectivity index (χ1) is 10.3. The van der Waals surface area contributed by atoms with Gasteiger partial charge in [-0.1, -0.05) is 31.0 Å². The van der Waals surface area contributed by atoms with Crippen molar-refractivity contribution in [1.29, 1.82) is 0 Å². The summed E-state index contributed by atoms with van der Waals surface area (Å²) in [6.45, 7) is 0. The number of benzene rings is 2. The maximum atomic E-state index is 10.2. The number of phenolic OH excluding ortho intramolecular Hbond substituents is 1. The Morgan fingerprint density at radius 3 is 2.29 bits per heavy atom. The van der Waals surface area contributed by atoms with Crippen LogP contribution in [0, 0.1) is 0 Å². The third-order valence-corrected chi connectivity index (χ3v) is 4.33. The molecule has 1 fully saturated rings. The molecule has 3 aromatic rings. The Bertz CT molecular complexity index is 755. The zero-order chi connectivity index (χ0) is 14.2. The predicted molar refractivity (Wildman–Crippen MR) is 81.7 cm³/mol. The van der Waals surface area contributed by atoms with Crippen LogP contribution >= 0.6 is 0 Å². The summed E-state index contributed by atoms with van der Waals surface area (Å²) in [6.07, 6.45) is 5.06. The van der Waals surface area contributed by atoms with Crippen molar-refractivity contribution in [2.24, 2.45) is 0 Å². The zero-order valence-corrected chi connectivity index (χ0v) is 11.7. The Kier molecular flexibility index (Phi) is 2.88. The number of hydrogen-bond donors (Lipinski definition) is 1. The molecule has 0 aliphatic heterocycles. The van der Waals surface area contributed by atoms with E-state index in [1.165, 1.54) is 31.2 Å². The van der Waals surface area contributed by atoms with Crippen LogP contribution in [0.2, 0.25) is 0 Å².